The first-order valence-electron chi connectivity index (χ1n) is 9.32. The highest BCUT2D eigenvalue weighted by atomic mass is 16.1. The maximum atomic E-state index is 12.5. The molecule has 1 amide bonds. The lowest BCUT2D eigenvalue weighted by Crippen LogP contribution is -2.13. The van der Waals surface area contributed by atoms with Gasteiger partial charge in [-0.15, -0.1) is 0 Å². The number of hydrogen-bond donors (Lipinski definition) is 1. The van der Waals surface area contributed by atoms with Gasteiger partial charge in [-0.05, 0) is 35.1 Å². The number of hydrogen-bond acceptors (Lipinski definition) is 2. The molecule has 0 saturated heterocycles. The first-order chi connectivity index (χ1) is 12.9. The smallest absolute Gasteiger partial charge is 0.224 e. The SMILES string of the molecule is CC(C)(C)c1ccc(CCC(=O)Nc2ccccc2-c2cccnc2)cc1. The first kappa shape index (κ1) is 18.8. The molecule has 0 aliphatic heterocycles. The number of amides is 1. The van der Waals surface area contributed by atoms with Gasteiger partial charge in [0.2, 0.25) is 5.91 Å². The summed E-state index contributed by atoms with van der Waals surface area (Å²) in [6, 6.07) is 20.3. The van der Waals surface area contributed by atoms with E-state index in [1.54, 1.807) is 6.20 Å². The Morgan fingerprint density at radius 2 is 1.70 bits per heavy atom. The fourth-order valence-corrected chi connectivity index (χ4v) is 3.01. The molecule has 0 fully saturated rings. The van der Waals surface area contributed by atoms with Gasteiger partial charge in [-0.1, -0.05) is 69.3 Å². The van der Waals surface area contributed by atoms with Crippen LogP contribution in [0.3, 0.4) is 0 Å². The third kappa shape index (κ3) is 5.04. The normalized spacial score (nSPS) is 11.2. The van der Waals surface area contributed by atoms with Crippen LogP contribution >= 0.6 is 0 Å². The molecule has 3 heteroatoms. The van der Waals surface area contributed by atoms with Gasteiger partial charge in [-0.3, -0.25) is 9.78 Å². The first-order valence-corrected chi connectivity index (χ1v) is 9.32. The predicted octanol–water partition coefficient (Wildman–Crippen LogP) is 5.62. The topological polar surface area (TPSA) is 42.0 Å². The molecule has 0 atom stereocenters. The van der Waals surface area contributed by atoms with E-state index in [4.69, 9.17) is 0 Å². The Hall–Kier alpha value is -2.94. The molecule has 2 aromatic carbocycles. The van der Waals surface area contributed by atoms with Gasteiger partial charge in [0, 0.05) is 35.6 Å². The Morgan fingerprint density at radius 1 is 0.963 bits per heavy atom. The van der Waals surface area contributed by atoms with Gasteiger partial charge < -0.3 is 5.32 Å². The van der Waals surface area contributed by atoms with Crippen molar-refractivity contribution in [1.82, 2.24) is 4.98 Å². The number of nitrogens with zero attached hydrogens (tertiary/aromatic N) is 1. The zero-order chi connectivity index (χ0) is 19.3. The Kier molecular flexibility index (Phi) is 5.70. The van der Waals surface area contributed by atoms with Gasteiger partial charge in [0.15, 0.2) is 0 Å². The zero-order valence-electron chi connectivity index (χ0n) is 16.2. The quantitative estimate of drug-likeness (QED) is 0.643. The summed E-state index contributed by atoms with van der Waals surface area (Å²) in [7, 11) is 0. The lowest BCUT2D eigenvalue weighted by Gasteiger charge is -2.19. The van der Waals surface area contributed by atoms with Gasteiger partial charge in [-0.25, -0.2) is 0 Å². The molecule has 1 heterocycles. The molecular weight excluding hydrogens is 332 g/mol. The molecule has 0 spiro atoms. The number of anilines is 1. The number of benzene rings is 2. The van der Waals surface area contributed by atoms with Gasteiger partial charge in [0.1, 0.15) is 0 Å². The summed E-state index contributed by atoms with van der Waals surface area (Å²) in [5.41, 5.74) is 5.42. The van der Waals surface area contributed by atoms with E-state index in [-0.39, 0.29) is 11.3 Å². The molecule has 0 unspecified atom stereocenters. The molecule has 1 aromatic heterocycles. The highest BCUT2D eigenvalue weighted by Crippen LogP contribution is 2.27. The highest BCUT2D eigenvalue weighted by molar-refractivity contribution is 5.95. The fraction of sp³-hybridized carbons (Fsp3) is 0.250. The molecule has 138 valence electrons. The Balaban J connectivity index is 1.64. The van der Waals surface area contributed by atoms with Crippen LogP contribution in [0.15, 0.2) is 73.1 Å². The molecular formula is C24H26N2O. The maximum Gasteiger partial charge on any atom is 0.224 e. The van der Waals surface area contributed by atoms with Crippen molar-refractivity contribution in [1.29, 1.82) is 0 Å². The molecule has 0 aliphatic carbocycles. The van der Waals surface area contributed by atoms with Crippen LogP contribution in [0, 0.1) is 0 Å². The average molecular weight is 358 g/mol. The van der Waals surface area contributed by atoms with Crippen LogP contribution in [-0.2, 0) is 16.6 Å². The van der Waals surface area contributed by atoms with Crippen LogP contribution in [0.4, 0.5) is 5.69 Å². The van der Waals surface area contributed by atoms with E-state index in [2.05, 4.69) is 55.3 Å². The summed E-state index contributed by atoms with van der Waals surface area (Å²) in [6.07, 6.45) is 4.74. The van der Waals surface area contributed by atoms with Crippen molar-refractivity contribution >= 4 is 11.6 Å². The Labute approximate surface area is 161 Å². The summed E-state index contributed by atoms with van der Waals surface area (Å²) in [5, 5.41) is 3.05. The van der Waals surface area contributed by atoms with Crippen molar-refractivity contribution in [2.24, 2.45) is 0 Å². The van der Waals surface area contributed by atoms with Crippen molar-refractivity contribution in [3.8, 4) is 11.1 Å². The van der Waals surface area contributed by atoms with Crippen LogP contribution in [0.25, 0.3) is 11.1 Å². The Morgan fingerprint density at radius 3 is 2.37 bits per heavy atom. The van der Waals surface area contributed by atoms with Gasteiger partial charge >= 0.3 is 0 Å². The lowest BCUT2D eigenvalue weighted by molar-refractivity contribution is -0.116. The number of carbonyl (C=O) groups excluding carboxylic acids is 1. The summed E-state index contributed by atoms with van der Waals surface area (Å²) >= 11 is 0. The molecule has 0 radical (unpaired) electrons. The number of pyridine rings is 1. The second-order valence-electron chi connectivity index (χ2n) is 7.78. The molecule has 0 saturated carbocycles. The van der Waals surface area contributed by atoms with Crippen LogP contribution < -0.4 is 5.32 Å². The fourth-order valence-electron chi connectivity index (χ4n) is 3.01. The molecule has 27 heavy (non-hydrogen) atoms. The molecule has 3 aromatic rings. The summed E-state index contributed by atoms with van der Waals surface area (Å²) < 4.78 is 0. The lowest BCUT2D eigenvalue weighted by atomic mass is 9.86. The Bertz CT molecular complexity index is 894. The van der Waals surface area contributed by atoms with E-state index in [1.807, 2.05) is 42.6 Å². The number of aromatic nitrogens is 1. The summed E-state index contributed by atoms with van der Waals surface area (Å²) in [6.45, 7) is 6.61. The number of nitrogens with one attached hydrogen (secondary N) is 1. The van der Waals surface area contributed by atoms with Gasteiger partial charge in [0.25, 0.3) is 0 Å². The van der Waals surface area contributed by atoms with Crippen LogP contribution in [0.1, 0.15) is 38.3 Å². The monoisotopic (exact) mass is 358 g/mol. The predicted molar refractivity (Wildman–Crippen MR) is 112 cm³/mol. The average Bonchev–Trinajstić information content (AvgIpc) is 2.67. The largest absolute Gasteiger partial charge is 0.326 e. The number of carbonyl (C=O) groups is 1. The molecule has 0 aliphatic rings. The second-order valence-corrected chi connectivity index (χ2v) is 7.78. The van der Waals surface area contributed by atoms with E-state index in [0.29, 0.717) is 6.42 Å². The minimum atomic E-state index is 0.0197. The second kappa shape index (κ2) is 8.17. The van der Waals surface area contributed by atoms with Gasteiger partial charge in [0.05, 0.1) is 0 Å². The number of para-hydroxylation sites is 1. The van der Waals surface area contributed by atoms with Crippen LogP contribution in [0.2, 0.25) is 0 Å². The van der Waals surface area contributed by atoms with E-state index in [9.17, 15) is 4.79 Å². The number of rotatable bonds is 5. The maximum absolute atomic E-state index is 12.5. The molecule has 0 bridgehead atoms. The zero-order valence-corrected chi connectivity index (χ0v) is 16.2. The minimum Gasteiger partial charge on any atom is -0.326 e. The number of aryl methyl sites for hydroxylation is 1. The van der Waals surface area contributed by atoms with E-state index >= 15 is 0 Å². The minimum absolute atomic E-state index is 0.0197. The van der Waals surface area contributed by atoms with E-state index in [0.717, 1.165) is 23.2 Å². The summed E-state index contributed by atoms with van der Waals surface area (Å²) in [4.78, 5) is 16.6. The van der Waals surface area contributed by atoms with Crippen molar-refractivity contribution in [2.75, 3.05) is 5.32 Å². The van der Waals surface area contributed by atoms with Crippen molar-refractivity contribution in [3.63, 3.8) is 0 Å². The molecule has 3 nitrogen and oxygen atoms in total. The molecule has 3 rings (SSSR count). The van der Waals surface area contributed by atoms with Gasteiger partial charge in [-0.2, -0.15) is 0 Å². The van der Waals surface area contributed by atoms with Crippen molar-refractivity contribution in [3.05, 3.63) is 84.2 Å². The van der Waals surface area contributed by atoms with Crippen molar-refractivity contribution < 1.29 is 4.79 Å². The van der Waals surface area contributed by atoms with E-state index < -0.39 is 0 Å². The van der Waals surface area contributed by atoms with Crippen LogP contribution in [0.5, 0.6) is 0 Å². The third-order valence-corrected chi connectivity index (χ3v) is 4.63. The van der Waals surface area contributed by atoms with E-state index in [1.165, 1.54) is 11.1 Å². The molecule has 1 N–H and O–H groups in total. The van der Waals surface area contributed by atoms with Crippen LogP contribution in [-0.4, -0.2) is 10.9 Å². The highest BCUT2D eigenvalue weighted by Gasteiger charge is 2.13. The standard InChI is InChI=1S/C24H26N2O/c1-24(2,3)20-13-10-18(11-14-20)12-15-23(27)26-22-9-5-4-8-21(22)19-7-6-16-25-17-19/h4-11,13-14,16-17H,12,15H2,1-3H3,(H,26,27). The summed E-state index contributed by atoms with van der Waals surface area (Å²) in [5.74, 6) is 0.0197. The van der Waals surface area contributed by atoms with Crippen molar-refractivity contribution in [2.45, 2.75) is 39.0 Å². The third-order valence-electron chi connectivity index (χ3n) is 4.63.